The molecule has 17 heavy (non-hydrogen) atoms. The molecule has 0 bridgehead atoms. The minimum absolute atomic E-state index is 0.246. The number of carboxylic acids is 1. The topological polar surface area (TPSA) is 46.5 Å². The first kappa shape index (κ1) is 14.6. The number of methoxy groups -OCH3 is 1. The number of carboxylic acid groups (broad SMARTS) is 1. The van der Waals surface area contributed by atoms with Gasteiger partial charge in [-0.1, -0.05) is 12.2 Å². The SMILES string of the molecule is C/C=C\C1CCC(SCCC(=O)O)[C@H](OC)C1. The van der Waals surface area contributed by atoms with Gasteiger partial charge in [0.15, 0.2) is 0 Å². The largest absolute Gasteiger partial charge is 0.481 e. The van der Waals surface area contributed by atoms with Gasteiger partial charge in [0, 0.05) is 18.1 Å². The number of rotatable bonds is 6. The Bertz CT molecular complexity index is 265. The summed E-state index contributed by atoms with van der Waals surface area (Å²) in [6, 6.07) is 0. The van der Waals surface area contributed by atoms with Crippen molar-refractivity contribution >= 4 is 17.7 Å². The fourth-order valence-corrected chi connectivity index (χ4v) is 3.65. The molecule has 0 amide bonds. The highest BCUT2D eigenvalue weighted by molar-refractivity contribution is 7.99. The standard InChI is InChI=1S/C13H22O3S/c1-3-4-10-5-6-12(11(9-10)16-2)17-8-7-13(14)15/h3-4,10-12H,5-9H2,1-2H3,(H,14,15)/b4-3-/t10?,11-,12?/m1/s1. The van der Waals surface area contributed by atoms with Crippen LogP contribution in [0.3, 0.4) is 0 Å². The number of thioether (sulfide) groups is 1. The van der Waals surface area contributed by atoms with Crippen LogP contribution in [0.15, 0.2) is 12.2 Å². The third kappa shape index (κ3) is 5.13. The quantitative estimate of drug-likeness (QED) is 0.744. The molecule has 1 fully saturated rings. The van der Waals surface area contributed by atoms with E-state index in [9.17, 15) is 4.79 Å². The Kier molecular flexibility index (Phi) is 6.66. The zero-order chi connectivity index (χ0) is 12.7. The summed E-state index contributed by atoms with van der Waals surface area (Å²) in [6.45, 7) is 2.05. The van der Waals surface area contributed by atoms with Crippen molar-refractivity contribution in [1.82, 2.24) is 0 Å². The Labute approximate surface area is 108 Å². The van der Waals surface area contributed by atoms with Crippen LogP contribution in [0.25, 0.3) is 0 Å². The minimum atomic E-state index is -0.714. The van der Waals surface area contributed by atoms with Crippen molar-refractivity contribution < 1.29 is 14.6 Å². The summed E-state index contributed by atoms with van der Waals surface area (Å²) in [5.41, 5.74) is 0. The first-order valence-electron chi connectivity index (χ1n) is 6.16. The maximum Gasteiger partial charge on any atom is 0.304 e. The van der Waals surface area contributed by atoms with Gasteiger partial charge in [0.25, 0.3) is 0 Å². The van der Waals surface area contributed by atoms with Gasteiger partial charge in [0.05, 0.1) is 12.5 Å². The van der Waals surface area contributed by atoms with Gasteiger partial charge in [-0.3, -0.25) is 4.79 Å². The predicted octanol–water partition coefficient (Wildman–Crippen LogP) is 2.95. The lowest BCUT2D eigenvalue weighted by atomic mass is 9.86. The molecule has 1 saturated carbocycles. The fraction of sp³-hybridized carbons (Fsp3) is 0.769. The van der Waals surface area contributed by atoms with Crippen molar-refractivity contribution in [2.45, 2.75) is 44.0 Å². The highest BCUT2D eigenvalue weighted by Gasteiger charge is 2.29. The number of hydrogen-bond donors (Lipinski definition) is 1. The summed E-state index contributed by atoms with van der Waals surface area (Å²) in [4.78, 5) is 10.5. The molecule has 1 aliphatic carbocycles. The Balaban J connectivity index is 2.37. The zero-order valence-electron chi connectivity index (χ0n) is 10.6. The van der Waals surface area contributed by atoms with E-state index in [1.165, 1.54) is 6.42 Å². The maximum absolute atomic E-state index is 10.5. The van der Waals surface area contributed by atoms with Crippen LogP contribution < -0.4 is 0 Å². The number of allylic oxidation sites excluding steroid dienone is 2. The van der Waals surface area contributed by atoms with Crippen LogP contribution in [0.2, 0.25) is 0 Å². The predicted molar refractivity (Wildman–Crippen MR) is 71.5 cm³/mol. The van der Waals surface area contributed by atoms with Crippen LogP contribution in [-0.4, -0.2) is 35.3 Å². The maximum atomic E-state index is 10.5. The summed E-state index contributed by atoms with van der Waals surface area (Å²) in [6.07, 6.45) is 8.25. The van der Waals surface area contributed by atoms with E-state index in [1.54, 1.807) is 18.9 Å². The van der Waals surface area contributed by atoms with Gasteiger partial charge in [-0.25, -0.2) is 0 Å². The summed E-state index contributed by atoms with van der Waals surface area (Å²) in [5.74, 6) is 0.601. The van der Waals surface area contributed by atoms with Gasteiger partial charge >= 0.3 is 5.97 Å². The molecule has 0 aromatic carbocycles. The Morgan fingerprint density at radius 3 is 2.88 bits per heavy atom. The van der Waals surface area contributed by atoms with Gasteiger partial charge in [0.2, 0.25) is 0 Å². The molecule has 0 saturated heterocycles. The molecule has 0 aromatic heterocycles. The molecule has 0 aliphatic heterocycles. The average molecular weight is 258 g/mol. The molecule has 0 spiro atoms. The normalized spacial score (nSPS) is 29.6. The number of ether oxygens (including phenoxy) is 1. The Morgan fingerprint density at radius 1 is 1.53 bits per heavy atom. The fourth-order valence-electron chi connectivity index (χ4n) is 2.32. The molecule has 0 radical (unpaired) electrons. The molecule has 2 unspecified atom stereocenters. The second-order valence-electron chi connectivity index (χ2n) is 4.43. The Hall–Kier alpha value is -0.480. The van der Waals surface area contributed by atoms with E-state index in [0.717, 1.165) is 12.8 Å². The molecule has 4 heteroatoms. The van der Waals surface area contributed by atoms with Crippen molar-refractivity contribution in [2.75, 3.05) is 12.9 Å². The summed E-state index contributed by atoms with van der Waals surface area (Å²) < 4.78 is 5.54. The van der Waals surface area contributed by atoms with E-state index < -0.39 is 5.97 Å². The summed E-state index contributed by atoms with van der Waals surface area (Å²) in [7, 11) is 1.76. The first-order valence-corrected chi connectivity index (χ1v) is 7.21. The van der Waals surface area contributed by atoms with Crippen LogP contribution in [0.1, 0.15) is 32.6 Å². The molecule has 1 N–H and O–H groups in total. The molecular weight excluding hydrogens is 236 g/mol. The van der Waals surface area contributed by atoms with E-state index in [-0.39, 0.29) is 12.5 Å². The summed E-state index contributed by atoms with van der Waals surface area (Å²) >= 11 is 1.75. The highest BCUT2D eigenvalue weighted by Crippen LogP contribution is 2.34. The number of aliphatic carboxylic acids is 1. The van der Waals surface area contributed by atoms with Gasteiger partial charge in [-0.15, -0.1) is 0 Å². The molecule has 0 aromatic rings. The smallest absolute Gasteiger partial charge is 0.304 e. The number of hydrogen-bond acceptors (Lipinski definition) is 3. The van der Waals surface area contributed by atoms with E-state index in [2.05, 4.69) is 19.1 Å². The second kappa shape index (κ2) is 7.77. The van der Waals surface area contributed by atoms with Crippen molar-refractivity contribution in [1.29, 1.82) is 0 Å². The molecule has 3 nitrogen and oxygen atoms in total. The third-order valence-electron chi connectivity index (χ3n) is 3.19. The van der Waals surface area contributed by atoms with Crippen LogP contribution in [0, 0.1) is 5.92 Å². The molecule has 0 heterocycles. The molecule has 98 valence electrons. The number of carbonyl (C=O) groups is 1. The average Bonchev–Trinajstić information content (AvgIpc) is 2.30. The van der Waals surface area contributed by atoms with Crippen molar-refractivity contribution in [3.05, 3.63) is 12.2 Å². The van der Waals surface area contributed by atoms with Crippen LogP contribution >= 0.6 is 11.8 Å². The third-order valence-corrected chi connectivity index (χ3v) is 4.59. The zero-order valence-corrected chi connectivity index (χ0v) is 11.4. The lowest BCUT2D eigenvalue weighted by Crippen LogP contribution is -2.33. The van der Waals surface area contributed by atoms with Gasteiger partial charge in [-0.05, 0) is 32.1 Å². The first-order chi connectivity index (χ1) is 8.17. The van der Waals surface area contributed by atoms with Gasteiger partial charge in [0.1, 0.15) is 0 Å². The summed E-state index contributed by atoms with van der Waals surface area (Å²) in [5, 5.41) is 9.08. The lowest BCUT2D eigenvalue weighted by Gasteiger charge is -2.33. The van der Waals surface area contributed by atoms with Gasteiger partial charge < -0.3 is 9.84 Å². The Morgan fingerprint density at radius 2 is 2.29 bits per heavy atom. The monoisotopic (exact) mass is 258 g/mol. The van der Waals surface area contributed by atoms with E-state index >= 15 is 0 Å². The highest BCUT2D eigenvalue weighted by atomic mass is 32.2. The molecular formula is C13H22O3S. The van der Waals surface area contributed by atoms with E-state index in [0.29, 0.717) is 16.9 Å². The van der Waals surface area contributed by atoms with Crippen molar-refractivity contribution in [3.63, 3.8) is 0 Å². The van der Waals surface area contributed by atoms with Crippen LogP contribution in [0.4, 0.5) is 0 Å². The lowest BCUT2D eigenvalue weighted by molar-refractivity contribution is -0.136. The molecule has 1 aliphatic rings. The van der Waals surface area contributed by atoms with Crippen LogP contribution in [0.5, 0.6) is 0 Å². The molecule has 3 atom stereocenters. The van der Waals surface area contributed by atoms with E-state index in [1.807, 2.05) is 0 Å². The molecule has 1 rings (SSSR count). The van der Waals surface area contributed by atoms with Crippen molar-refractivity contribution in [2.24, 2.45) is 5.92 Å². The van der Waals surface area contributed by atoms with E-state index in [4.69, 9.17) is 9.84 Å². The minimum Gasteiger partial charge on any atom is -0.481 e. The second-order valence-corrected chi connectivity index (χ2v) is 5.77. The van der Waals surface area contributed by atoms with Gasteiger partial charge in [-0.2, -0.15) is 11.8 Å². The van der Waals surface area contributed by atoms with Crippen LogP contribution in [-0.2, 0) is 9.53 Å². The van der Waals surface area contributed by atoms with Crippen molar-refractivity contribution in [3.8, 4) is 0 Å².